The zero-order valence-corrected chi connectivity index (χ0v) is 46.9. The maximum atomic E-state index is 13.4. The molecule has 75 heavy (non-hydrogen) atoms. The highest BCUT2D eigenvalue weighted by Crippen LogP contribution is 2.26. The molecule has 0 radical (unpaired) electrons. The van der Waals surface area contributed by atoms with E-state index >= 15 is 0 Å². The van der Waals surface area contributed by atoms with Crippen LogP contribution in [-0.4, -0.2) is 99.6 Å². The Balaban J connectivity index is 2.75. The van der Waals surface area contributed by atoms with Crippen molar-refractivity contribution < 1.29 is 49.3 Å². The van der Waals surface area contributed by atoms with Gasteiger partial charge in [-0.15, -0.1) is 0 Å². The highest BCUT2D eigenvalue weighted by atomic mass is 16.7. The number of rotatable bonds is 47. The van der Waals surface area contributed by atoms with Gasteiger partial charge in [0, 0.05) is 6.42 Å². The molecule has 1 fully saturated rings. The van der Waals surface area contributed by atoms with Crippen LogP contribution < -0.4 is 5.32 Å². The van der Waals surface area contributed by atoms with Crippen molar-refractivity contribution in [2.45, 2.75) is 256 Å². The Kier molecular flexibility index (Phi) is 46.8. The number of hydrogen-bond acceptors (Lipinski definition) is 10. The molecule has 8 unspecified atom stereocenters. The smallest absolute Gasteiger partial charge is 0.306 e. The van der Waals surface area contributed by atoms with Crippen molar-refractivity contribution in [3.05, 3.63) is 122 Å². The third kappa shape index (κ3) is 39.1. The summed E-state index contributed by atoms with van der Waals surface area (Å²) in [5.74, 6) is -1.27. The maximum Gasteiger partial charge on any atom is 0.306 e. The van der Waals surface area contributed by atoms with Gasteiger partial charge in [-0.3, -0.25) is 9.59 Å². The van der Waals surface area contributed by atoms with Crippen LogP contribution in [0, 0.1) is 0 Å². The van der Waals surface area contributed by atoms with Crippen LogP contribution in [0.1, 0.15) is 207 Å². The second-order valence-electron chi connectivity index (χ2n) is 19.8. The average molecular weight is 1050 g/mol. The van der Waals surface area contributed by atoms with Crippen LogP contribution in [0.2, 0.25) is 0 Å². The van der Waals surface area contributed by atoms with Crippen molar-refractivity contribution in [3.8, 4) is 0 Å². The summed E-state index contributed by atoms with van der Waals surface area (Å²) in [7, 11) is 0. The van der Waals surface area contributed by atoms with Crippen LogP contribution in [0.15, 0.2) is 122 Å². The highest BCUT2D eigenvalue weighted by Gasteiger charge is 2.47. The SMILES string of the molecule is CC/C=C/C=C/C=C\C=C/C=C/CCCCCC(=O)OC1C(OCC(NC(=O)C(O)CCCCCC/C=C\C/C=C\C/C=C\C/C=C\CCCCC)C(O)/C=C/CCCCCCCCCCC)OC(CO)C(O)C1O. The van der Waals surface area contributed by atoms with Gasteiger partial charge in [0.15, 0.2) is 12.4 Å². The number of carbonyl (C=O) groups is 2. The molecule has 0 aromatic rings. The Hall–Kier alpha value is -3.94. The molecule has 0 saturated carbocycles. The second-order valence-corrected chi connectivity index (χ2v) is 19.8. The number of hydrogen-bond donors (Lipinski definition) is 6. The minimum Gasteiger partial charge on any atom is -0.454 e. The normalized spacial score (nSPS) is 20.1. The van der Waals surface area contributed by atoms with E-state index < -0.39 is 67.4 Å². The van der Waals surface area contributed by atoms with E-state index in [2.05, 4.69) is 86.8 Å². The first kappa shape index (κ1) is 69.1. The largest absolute Gasteiger partial charge is 0.454 e. The van der Waals surface area contributed by atoms with E-state index in [0.717, 1.165) is 96.3 Å². The standard InChI is InChI=1S/C64H105NO10/c1-4-7-10-13-16-19-22-24-26-27-28-29-30-32-33-36-39-42-45-48-51-57(68)63(72)65-55(56(67)50-47-44-41-38-35-21-18-15-12-9-6-3)54-73-64-62(61(71)60(70)58(53-66)74-64)75-59(69)52-49-46-43-40-37-34-31-25-23-20-17-14-11-8-5-2/h8,11,14,16-17,19-20,23-26,28-29,31-34,37,47,50,55-58,60-62,64,66-68,70-71H,4-7,9-10,12-13,15,18,21-22,27,30,35-36,38-46,48-49,51-54H2,1-3H3,(H,65,72)/b11-8+,17-14+,19-16-,23-20-,26-24-,29-28-,31-25-,33-32-,37-34+,50-47+. The lowest BCUT2D eigenvalue weighted by Crippen LogP contribution is -2.61. The molecule has 0 aliphatic carbocycles. The number of esters is 1. The zero-order chi connectivity index (χ0) is 54.7. The summed E-state index contributed by atoms with van der Waals surface area (Å²) >= 11 is 0. The second kappa shape index (κ2) is 50.9. The van der Waals surface area contributed by atoms with Gasteiger partial charge < -0.3 is 45.1 Å². The van der Waals surface area contributed by atoms with Gasteiger partial charge in [0.2, 0.25) is 5.91 Å². The molecule has 0 aromatic heterocycles. The Bertz CT molecular complexity index is 1680. The van der Waals surface area contributed by atoms with E-state index in [9.17, 15) is 35.1 Å². The van der Waals surface area contributed by atoms with Crippen LogP contribution in [0.25, 0.3) is 0 Å². The van der Waals surface area contributed by atoms with Gasteiger partial charge in [0.1, 0.15) is 24.4 Å². The fourth-order valence-corrected chi connectivity index (χ4v) is 8.30. The average Bonchev–Trinajstić information content (AvgIpc) is 3.41. The molecule has 1 aliphatic rings. The molecular weight excluding hydrogens is 943 g/mol. The maximum absolute atomic E-state index is 13.4. The number of unbranched alkanes of at least 4 members (excludes halogenated alkanes) is 19. The Morgan fingerprint density at radius 1 is 0.547 bits per heavy atom. The summed E-state index contributed by atoms with van der Waals surface area (Å²) in [4.78, 5) is 26.5. The summed E-state index contributed by atoms with van der Waals surface area (Å²) in [5.41, 5.74) is 0. The summed E-state index contributed by atoms with van der Waals surface area (Å²) < 4.78 is 17.5. The molecule has 11 nitrogen and oxygen atoms in total. The minimum atomic E-state index is -1.64. The lowest BCUT2D eigenvalue weighted by atomic mass is 9.99. The van der Waals surface area contributed by atoms with Gasteiger partial charge in [0.05, 0.1) is 25.4 Å². The van der Waals surface area contributed by atoms with Crippen LogP contribution in [0.5, 0.6) is 0 Å². The van der Waals surface area contributed by atoms with E-state index in [-0.39, 0.29) is 19.4 Å². The first-order valence-corrected chi connectivity index (χ1v) is 29.4. The molecular formula is C64H105NO10. The molecule has 1 heterocycles. The molecule has 1 amide bonds. The van der Waals surface area contributed by atoms with Crippen LogP contribution in [0.3, 0.4) is 0 Å². The van der Waals surface area contributed by atoms with Gasteiger partial charge in [0.25, 0.3) is 0 Å². The first-order chi connectivity index (χ1) is 36.7. The summed E-state index contributed by atoms with van der Waals surface area (Å²) in [5, 5.41) is 56.8. The molecule has 0 spiro atoms. The fraction of sp³-hybridized carbons (Fsp3) is 0.656. The van der Waals surface area contributed by atoms with Gasteiger partial charge in [-0.2, -0.15) is 0 Å². The van der Waals surface area contributed by atoms with Crippen molar-refractivity contribution in [1.29, 1.82) is 0 Å². The van der Waals surface area contributed by atoms with E-state index in [0.29, 0.717) is 12.8 Å². The van der Waals surface area contributed by atoms with Crippen molar-refractivity contribution in [3.63, 3.8) is 0 Å². The molecule has 1 saturated heterocycles. The zero-order valence-electron chi connectivity index (χ0n) is 46.9. The number of ether oxygens (including phenoxy) is 3. The molecule has 0 bridgehead atoms. The topological polar surface area (TPSA) is 175 Å². The highest BCUT2D eigenvalue weighted by molar-refractivity contribution is 5.80. The van der Waals surface area contributed by atoms with Crippen molar-refractivity contribution in [2.75, 3.05) is 13.2 Å². The van der Waals surface area contributed by atoms with E-state index in [4.69, 9.17) is 14.2 Å². The molecule has 0 aromatic carbocycles. The molecule has 11 heteroatoms. The lowest BCUT2D eigenvalue weighted by Gasteiger charge is -2.41. The summed E-state index contributed by atoms with van der Waals surface area (Å²) in [6, 6.07) is -1.05. The Morgan fingerprint density at radius 2 is 1.01 bits per heavy atom. The van der Waals surface area contributed by atoms with E-state index in [1.165, 1.54) is 64.2 Å². The Labute approximate surface area is 455 Å². The number of allylic oxidation sites excluding steroid dienone is 19. The van der Waals surface area contributed by atoms with Crippen molar-refractivity contribution in [2.24, 2.45) is 0 Å². The lowest BCUT2D eigenvalue weighted by molar-refractivity contribution is -0.305. The quantitative estimate of drug-likeness (QED) is 0.0149. The van der Waals surface area contributed by atoms with Gasteiger partial charge in [-0.1, -0.05) is 232 Å². The molecule has 1 rings (SSSR count). The predicted molar refractivity (Wildman–Crippen MR) is 310 cm³/mol. The van der Waals surface area contributed by atoms with Crippen molar-refractivity contribution >= 4 is 11.9 Å². The number of carbonyl (C=O) groups excluding carboxylic acids is 2. The molecule has 426 valence electrons. The summed E-state index contributed by atoms with van der Waals surface area (Å²) in [6.45, 7) is 5.54. The molecule has 6 N–H and O–H groups in total. The van der Waals surface area contributed by atoms with Gasteiger partial charge >= 0.3 is 5.97 Å². The fourth-order valence-electron chi connectivity index (χ4n) is 8.30. The number of aliphatic hydroxyl groups is 5. The number of nitrogens with one attached hydrogen (secondary N) is 1. The summed E-state index contributed by atoms with van der Waals surface area (Å²) in [6.07, 6.45) is 59.5. The van der Waals surface area contributed by atoms with E-state index in [1.807, 2.05) is 54.7 Å². The molecule has 8 atom stereocenters. The monoisotopic (exact) mass is 1050 g/mol. The van der Waals surface area contributed by atoms with Crippen LogP contribution in [0.4, 0.5) is 0 Å². The minimum absolute atomic E-state index is 0.0647. The van der Waals surface area contributed by atoms with E-state index in [1.54, 1.807) is 6.08 Å². The van der Waals surface area contributed by atoms with Gasteiger partial charge in [-0.25, -0.2) is 0 Å². The van der Waals surface area contributed by atoms with Crippen LogP contribution >= 0.6 is 0 Å². The van der Waals surface area contributed by atoms with Crippen molar-refractivity contribution in [1.82, 2.24) is 5.32 Å². The number of aliphatic hydroxyl groups excluding tert-OH is 5. The van der Waals surface area contributed by atoms with Gasteiger partial charge in [-0.05, 0) is 89.9 Å². The number of amides is 1. The van der Waals surface area contributed by atoms with Crippen LogP contribution in [-0.2, 0) is 23.8 Å². The first-order valence-electron chi connectivity index (χ1n) is 29.4. The third-order valence-corrected chi connectivity index (χ3v) is 13.0. The predicted octanol–water partition coefficient (Wildman–Crippen LogP) is 13.5. The Morgan fingerprint density at radius 3 is 1.59 bits per heavy atom. The molecule has 1 aliphatic heterocycles. The third-order valence-electron chi connectivity index (χ3n) is 13.0.